The number of hydrogen-bond acceptors (Lipinski definition) is 4. The summed E-state index contributed by atoms with van der Waals surface area (Å²) in [4.78, 5) is 17.6. The average Bonchev–Trinajstić information content (AvgIpc) is 2.79. The van der Waals surface area contributed by atoms with E-state index in [2.05, 4.69) is 49.9 Å². The lowest BCUT2D eigenvalue weighted by molar-refractivity contribution is -0.119. The fourth-order valence-electron chi connectivity index (χ4n) is 4.07. The van der Waals surface area contributed by atoms with Crippen LogP contribution in [0.2, 0.25) is 0 Å². The van der Waals surface area contributed by atoms with E-state index in [1.54, 1.807) is 0 Å². The van der Waals surface area contributed by atoms with Crippen molar-refractivity contribution in [1.29, 1.82) is 0 Å². The van der Waals surface area contributed by atoms with Gasteiger partial charge in [0.05, 0.1) is 25.9 Å². The molecule has 0 N–H and O–H groups in total. The molecule has 30 heavy (non-hydrogen) atoms. The van der Waals surface area contributed by atoms with E-state index >= 15 is 0 Å². The van der Waals surface area contributed by atoms with Crippen molar-refractivity contribution in [2.24, 2.45) is 5.41 Å². The van der Waals surface area contributed by atoms with E-state index in [4.69, 9.17) is 9.47 Å². The summed E-state index contributed by atoms with van der Waals surface area (Å²) in [7, 11) is 0. The zero-order valence-corrected chi connectivity index (χ0v) is 18.2. The highest BCUT2D eigenvalue weighted by Gasteiger charge is 2.37. The fraction of sp³-hybridized carbons (Fsp3) is 0.480. The van der Waals surface area contributed by atoms with Gasteiger partial charge in [-0.15, -0.1) is 0 Å². The number of hydrogen-bond donors (Lipinski definition) is 0. The summed E-state index contributed by atoms with van der Waals surface area (Å²) in [5.41, 5.74) is 2.94. The Kier molecular flexibility index (Phi) is 6.11. The number of carbonyl (C=O) groups is 1. The summed E-state index contributed by atoms with van der Waals surface area (Å²) < 4.78 is 11.9. The number of nitrogens with zero attached hydrogens (tertiary/aromatic N) is 2. The second kappa shape index (κ2) is 8.78. The number of morpholine rings is 2. The molecule has 2 heterocycles. The van der Waals surface area contributed by atoms with Gasteiger partial charge in [-0.2, -0.15) is 0 Å². The van der Waals surface area contributed by atoms with Gasteiger partial charge < -0.3 is 19.3 Å². The van der Waals surface area contributed by atoms with Crippen LogP contribution < -0.4 is 4.90 Å². The molecule has 2 saturated heterocycles. The molecule has 0 radical (unpaired) electrons. The number of ether oxygens (including phenoxy) is 2. The van der Waals surface area contributed by atoms with Crippen LogP contribution in [0.5, 0.6) is 0 Å². The van der Waals surface area contributed by atoms with Gasteiger partial charge >= 0.3 is 0 Å². The number of carbonyl (C=O) groups excluding carboxylic acids is 1. The Labute approximate surface area is 179 Å². The normalized spacial score (nSPS) is 22.8. The molecule has 2 atom stereocenters. The zero-order valence-electron chi connectivity index (χ0n) is 18.2. The van der Waals surface area contributed by atoms with Crippen LogP contribution in [0.15, 0.2) is 54.6 Å². The minimum absolute atomic E-state index is 0.0203. The van der Waals surface area contributed by atoms with Crippen molar-refractivity contribution < 1.29 is 14.3 Å². The summed E-state index contributed by atoms with van der Waals surface area (Å²) in [6, 6.07) is 18.2. The van der Waals surface area contributed by atoms with Crippen LogP contribution in [0.4, 0.5) is 5.69 Å². The Morgan fingerprint density at radius 3 is 2.23 bits per heavy atom. The predicted octanol–water partition coefficient (Wildman–Crippen LogP) is 4.15. The molecule has 5 heteroatoms. The number of anilines is 1. The van der Waals surface area contributed by atoms with Crippen molar-refractivity contribution in [2.45, 2.75) is 33.0 Å². The molecule has 0 unspecified atom stereocenters. The Balaban J connectivity index is 1.52. The number of amides is 1. The minimum Gasteiger partial charge on any atom is -0.378 e. The zero-order chi connectivity index (χ0) is 21.1. The maximum atomic E-state index is 13.4. The van der Waals surface area contributed by atoms with Gasteiger partial charge in [-0.3, -0.25) is 4.79 Å². The van der Waals surface area contributed by atoms with Crippen LogP contribution in [-0.2, 0) is 9.47 Å². The topological polar surface area (TPSA) is 42.0 Å². The number of benzene rings is 2. The van der Waals surface area contributed by atoms with Crippen LogP contribution in [0.25, 0.3) is 0 Å². The Bertz CT molecular complexity index is 839. The second-order valence-electron chi connectivity index (χ2n) is 9.25. The first-order valence-electron chi connectivity index (χ1n) is 10.8. The van der Waals surface area contributed by atoms with Crippen molar-refractivity contribution in [3.05, 3.63) is 65.7 Å². The summed E-state index contributed by atoms with van der Waals surface area (Å²) in [6.07, 6.45) is -0.131. The maximum absolute atomic E-state index is 13.4. The van der Waals surface area contributed by atoms with Gasteiger partial charge in [-0.1, -0.05) is 51.1 Å². The third-order valence-electron chi connectivity index (χ3n) is 6.02. The first-order valence-corrected chi connectivity index (χ1v) is 10.8. The average molecular weight is 409 g/mol. The molecule has 4 rings (SSSR count). The van der Waals surface area contributed by atoms with Gasteiger partial charge in [-0.05, 0) is 35.2 Å². The molecule has 5 nitrogen and oxygen atoms in total. The highest BCUT2D eigenvalue weighted by Crippen LogP contribution is 2.34. The van der Waals surface area contributed by atoms with E-state index in [0.717, 1.165) is 43.1 Å². The van der Waals surface area contributed by atoms with E-state index < -0.39 is 0 Å². The van der Waals surface area contributed by atoms with Crippen LogP contribution in [0.1, 0.15) is 42.8 Å². The summed E-state index contributed by atoms with van der Waals surface area (Å²) >= 11 is 0. The molecule has 2 aromatic carbocycles. The van der Waals surface area contributed by atoms with Crippen LogP contribution in [-0.4, -0.2) is 56.3 Å². The van der Waals surface area contributed by atoms with Crippen molar-refractivity contribution >= 4 is 11.6 Å². The summed E-state index contributed by atoms with van der Waals surface area (Å²) in [6.45, 7) is 11.0. The Hall–Kier alpha value is -2.37. The number of rotatable bonds is 3. The third-order valence-corrected chi connectivity index (χ3v) is 6.02. The highest BCUT2D eigenvalue weighted by atomic mass is 16.5. The molecule has 160 valence electrons. The molecule has 0 aromatic heterocycles. The predicted molar refractivity (Wildman–Crippen MR) is 119 cm³/mol. The van der Waals surface area contributed by atoms with Crippen molar-refractivity contribution in [3.63, 3.8) is 0 Å². The lowest BCUT2D eigenvalue weighted by atomic mass is 9.87. The van der Waals surface area contributed by atoms with Gasteiger partial charge in [0.25, 0.3) is 5.91 Å². The van der Waals surface area contributed by atoms with E-state index in [-0.39, 0.29) is 23.5 Å². The molecule has 2 aromatic rings. The monoisotopic (exact) mass is 408 g/mol. The minimum atomic E-state index is -0.110. The molecule has 0 bridgehead atoms. The second-order valence-corrected chi connectivity index (χ2v) is 9.25. The van der Waals surface area contributed by atoms with Gasteiger partial charge in [0.1, 0.15) is 6.10 Å². The summed E-state index contributed by atoms with van der Waals surface area (Å²) in [5.74, 6) is 0.0713. The van der Waals surface area contributed by atoms with Gasteiger partial charge in [0.2, 0.25) is 0 Å². The van der Waals surface area contributed by atoms with Crippen molar-refractivity contribution in [2.75, 3.05) is 44.3 Å². The standard InChI is InChI=1S/C25H32N2O3/c1-25(2,3)23-18-27(17-22(30-23)19-7-5-4-6-8-19)24(28)20-9-11-21(12-10-20)26-13-15-29-16-14-26/h4-12,22-23H,13-18H2,1-3H3/t22-,23+/m0/s1. The van der Waals surface area contributed by atoms with Gasteiger partial charge in [0.15, 0.2) is 0 Å². The van der Waals surface area contributed by atoms with Gasteiger partial charge in [0, 0.05) is 30.9 Å². The highest BCUT2D eigenvalue weighted by molar-refractivity contribution is 5.94. The van der Waals surface area contributed by atoms with E-state index in [1.807, 2.05) is 35.2 Å². The molecule has 2 aliphatic rings. The molecule has 2 fully saturated rings. The van der Waals surface area contributed by atoms with E-state index in [1.165, 1.54) is 0 Å². The molecule has 0 saturated carbocycles. The van der Waals surface area contributed by atoms with Crippen molar-refractivity contribution in [3.8, 4) is 0 Å². The van der Waals surface area contributed by atoms with E-state index in [0.29, 0.717) is 13.1 Å². The molecule has 0 spiro atoms. The van der Waals surface area contributed by atoms with Crippen LogP contribution in [0, 0.1) is 5.41 Å². The quantitative estimate of drug-likeness (QED) is 0.765. The largest absolute Gasteiger partial charge is 0.378 e. The SMILES string of the molecule is CC(C)(C)[C@H]1CN(C(=O)c2ccc(N3CCOCC3)cc2)C[C@@H](c2ccccc2)O1. The molecule has 2 aliphatic heterocycles. The molecule has 0 aliphatic carbocycles. The van der Waals surface area contributed by atoms with Crippen LogP contribution >= 0.6 is 0 Å². The first kappa shape index (κ1) is 20.9. The maximum Gasteiger partial charge on any atom is 0.254 e. The van der Waals surface area contributed by atoms with Crippen molar-refractivity contribution in [1.82, 2.24) is 4.90 Å². The first-order chi connectivity index (χ1) is 14.4. The molecular weight excluding hydrogens is 376 g/mol. The Morgan fingerprint density at radius 1 is 0.933 bits per heavy atom. The fourth-order valence-corrected chi connectivity index (χ4v) is 4.07. The van der Waals surface area contributed by atoms with Gasteiger partial charge in [-0.25, -0.2) is 0 Å². The molecular formula is C25H32N2O3. The Morgan fingerprint density at radius 2 is 1.60 bits per heavy atom. The molecule has 1 amide bonds. The van der Waals surface area contributed by atoms with E-state index in [9.17, 15) is 4.79 Å². The lowest BCUT2D eigenvalue weighted by Gasteiger charge is -2.43. The third kappa shape index (κ3) is 4.68. The lowest BCUT2D eigenvalue weighted by Crippen LogP contribution is -2.51. The van der Waals surface area contributed by atoms with Crippen LogP contribution in [0.3, 0.4) is 0 Å². The summed E-state index contributed by atoms with van der Waals surface area (Å²) in [5, 5.41) is 0. The smallest absolute Gasteiger partial charge is 0.254 e.